The van der Waals surface area contributed by atoms with Crippen molar-refractivity contribution in [2.24, 2.45) is 0 Å². The van der Waals surface area contributed by atoms with Gasteiger partial charge in [-0.3, -0.25) is 9.59 Å². The molecule has 2 heterocycles. The number of nitrogens with zero attached hydrogens (tertiary/aromatic N) is 2. The minimum absolute atomic E-state index is 0.0117. The van der Waals surface area contributed by atoms with Gasteiger partial charge in [-0.25, -0.2) is 0 Å². The highest BCUT2D eigenvalue weighted by Crippen LogP contribution is 2.42. The fraction of sp³-hybridized carbons (Fsp3) is 0.333. The van der Waals surface area contributed by atoms with E-state index in [0.717, 1.165) is 13.1 Å². The first-order valence-corrected chi connectivity index (χ1v) is 12.1. The number of furan rings is 1. The van der Waals surface area contributed by atoms with Crippen LogP contribution in [0.15, 0.2) is 58.2 Å². The van der Waals surface area contributed by atoms with E-state index in [-0.39, 0.29) is 11.3 Å². The molecule has 0 saturated heterocycles. The molecule has 2 aromatic carbocycles. The molecular formula is C27H29ClN2O6. The zero-order valence-electron chi connectivity index (χ0n) is 20.7. The van der Waals surface area contributed by atoms with Gasteiger partial charge in [0.2, 0.25) is 5.78 Å². The molecule has 1 unspecified atom stereocenters. The standard InChI is InChI=1S/C27H29ClN2O6/c1-5-29(6-2)11-12-30-24(16-7-9-20(34-3)21(14-16)35-4)23(26(32)27(30)33)25(31)22-15-17-13-18(28)8-10-19(17)36-22/h7-10,13-15,24,32H,5-6,11-12H2,1-4H3. The average molecular weight is 513 g/mol. The van der Waals surface area contributed by atoms with Gasteiger partial charge in [0.25, 0.3) is 5.91 Å². The second kappa shape index (κ2) is 10.6. The minimum atomic E-state index is -0.836. The third kappa shape index (κ3) is 4.66. The molecular weight excluding hydrogens is 484 g/mol. The number of benzene rings is 2. The molecule has 9 heteroatoms. The third-order valence-corrected chi connectivity index (χ3v) is 6.76. The van der Waals surface area contributed by atoms with Crippen LogP contribution in [0.2, 0.25) is 5.02 Å². The molecule has 1 aliphatic heterocycles. The maximum Gasteiger partial charge on any atom is 0.290 e. The van der Waals surface area contributed by atoms with Crippen molar-refractivity contribution in [3.8, 4) is 11.5 Å². The number of amides is 1. The average Bonchev–Trinajstić information content (AvgIpc) is 3.42. The van der Waals surface area contributed by atoms with E-state index in [1.54, 1.807) is 42.5 Å². The molecule has 1 N–H and O–H groups in total. The summed E-state index contributed by atoms with van der Waals surface area (Å²) in [6.07, 6.45) is 0. The van der Waals surface area contributed by atoms with Gasteiger partial charge in [0.15, 0.2) is 23.0 Å². The molecule has 1 aliphatic rings. The van der Waals surface area contributed by atoms with Crippen LogP contribution in [-0.2, 0) is 4.79 Å². The fourth-order valence-electron chi connectivity index (χ4n) is 4.53. The van der Waals surface area contributed by atoms with Gasteiger partial charge < -0.3 is 28.8 Å². The van der Waals surface area contributed by atoms with Crippen molar-refractivity contribution in [3.05, 3.63) is 70.1 Å². The summed E-state index contributed by atoms with van der Waals surface area (Å²) in [5, 5.41) is 12.1. The van der Waals surface area contributed by atoms with E-state index in [1.807, 2.05) is 13.8 Å². The Kier molecular flexibility index (Phi) is 7.56. The highest BCUT2D eigenvalue weighted by atomic mass is 35.5. The molecule has 1 atom stereocenters. The number of fused-ring (bicyclic) bond motifs is 1. The Hall–Kier alpha value is -3.49. The predicted molar refractivity (Wildman–Crippen MR) is 137 cm³/mol. The van der Waals surface area contributed by atoms with Crippen molar-refractivity contribution in [2.75, 3.05) is 40.4 Å². The van der Waals surface area contributed by atoms with Crippen molar-refractivity contribution < 1.29 is 28.6 Å². The first-order chi connectivity index (χ1) is 17.3. The molecule has 3 aromatic rings. The van der Waals surface area contributed by atoms with E-state index in [0.29, 0.717) is 46.1 Å². The minimum Gasteiger partial charge on any atom is -0.503 e. The molecule has 1 amide bonds. The summed E-state index contributed by atoms with van der Waals surface area (Å²) < 4.78 is 16.6. The van der Waals surface area contributed by atoms with Gasteiger partial charge in [0, 0.05) is 23.5 Å². The van der Waals surface area contributed by atoms with Gasteiger partial charge in [-0.15, -0.1) is 0 Å². The zero-order valence-corrected chi connectivity index (χ0v) is 21.5. The monoisotopic (exact) mass is 512 g/mol. The largest absolute Gasteiger partial charge is 0.503 e. The first kappa shape index (κ1) is 25.6. The fourth-order valence-corrected chi connectivity index (χ4v) is 4.71. The highest BCUT2D eigenvalue weighted by molar-refractivity contribution is 6.31. The molecule has 0 aliphatic carbocycles. The summed E-state index contributed by atoms with van der Waals surface area (Å²) in [5.74, 6) is -0.795. The molecule has 190 valence electrons. The number of hydrogen-bond donors (Lipinski definition) is 1. The Labute approximate surface area is 214 Å². The zero-order chi connectivity index (χ0) is 26.0. The number of ether oxygens (including phenoxy) is 2. The van der Waals surface area contributed by atoms with E-state index in [4.69, 9.17) is 25.5 Å². The van der Waals surface area contributed by atoms with Crippen LogP contribution < -0.4 is 9.47 Å². The van der Waals surface area contributed by atoms with E-state index in [2.05, 4.69) is 4.90 Å². The first-order valence-electron chi connectivity index (χ1n) is 11.7. The summed E-state index contributed by atoms with van der Waals surface area (Å²) in [6, 6.07) is 10.9. The van der Waals surface area contributed by atoms with Crippen LogP contribution in [0.1, 0.15) is 36.0 Å². The van der Waals surface area contributed by atoms with Gasteiger partial charge >= 0.3 is 0 Å². The van der Waals surface area contributed by atoms with Crippen molar-refractivity contribution in [2.45, 2.75) is 19.9 Å². The Morgan fingerprint density at radius 3 is 2.47 bits per heavy atom. The van der Waals surface area contributed by atoms with Gasteiger partial charge in [-0.05, 0) is 55.1 Å². The van der Waals surface area contributed by atoms with Crippen LogP contribution in [0.3, 0.4) is 0 Å². The second-order valence-corrected chi connectivity index (χ2v) is 8.86. The molecule has 36 heavy (non-hydrogen) atoms. The van der Waals surface area contributed by atoms with Crippen molar-refractivity contribution in [3.63, 3.8) is 0 Å². The smallest absolute Gasteiger partial charge is 0.290 e. The van der Waals surface area contributed by atoms with Crippen LogP contribution in [-0.4, -0.2) is 67.0 Å². The number of carbonyl (C=O) groups is 2. The quantitative estimate of drug-likeness (QED) is 0.381. The van der Waals surface area contributed by atoms with Crippen LogP contribution in [0, 0.1) is 0 Å². The number of rotatable bonds is 10. The molecule has 0 radical (unpaired) electrons. The summed E-state index contributed by atoms with van der Waals surface area (Å²) in [5.41, 5.74) is 1.04. The normalized spacial score (nSPS) is 15.9. The molecule has 0 fully saturated rings. The number of hydrogen-bond acceptors (Lipinski definition) is 7. The number of methoxy groups -OCH3 is 2. The molecule has 0 bridgehead atoms. The maximum absolute atomic E-state index is 13.7. The van der Waals surface area contributed by atoms with Gasteiger partial charge in [0.1, 0.15) is 5.58 Å². The topological polar surface area (TPSA) is 92.5 Å². The van der Waals surface area contributed by atoms with Crippen LogP contribution in [0.25, 0.3) is 11.0 Å². The summed E-state index contributed by atoms with van der Waals surface area (Å²) in [6.45, 7) is 6.61. The Bertz CT molecular complexity index is 1330. The van der Waals surface area contributed by atoms with Gasteiger partial charge in [0.05, 0.1) is 25.8 Å². The number of carbonyl (C=O) groups excluding carboxylic acids is 2. The van der Waals surface area contributed by atoms with Gasteiger partial charge in [-0.2, -0.15) is 0 Å². The summed E-state index contributed by atoms with van der Waals surface area (Å²) >= 11 is 6.08. The Balaban J connectivity index is 1.79. The lowest BCUT2D eigenvalue weighted by molar-refractivity contribution is -0.129. The van der Waals surface area contributed by atoms with Gasteiger partial charge in [-0.1, -0.05) is 31.5 Å². The van der Waals surface area contributed by atoms with Crippen LogP contribution >= 0.6 is 11.6 Å². The maximum atomic E-state index is 13.7. The van der Waals surface area contributed by atoms with E-state index in [9.17, 15) is 14.7 Å². The Morgan fingerprint density at radius 2 is 1.81 bits per heavy atom. The lowest BCUT2D eigenvalue weighted by atomic mass is 9.94. The molecule has 0 spiro atoms. The number of likely N-dealkylation sites (N-methyl/N-ethyl adjacent to an activating group) is 1. The number of ketones is 1. The van der Waals surface area contributed by atoms with Crippen LogP contribution in [0.4, 0.5) is 0 Å². The molecule has 8 nitrogen and oxygen atoms in total. The lowest BCUT2D eigenvalue weighted by Crippen LogP contribution is -2.38. The van der Waals surface area contributed by atoms with Crippen molar-refractivity contribution in [1.82, 2.24) is 9.80 Å². The lowest BCUT2D eigenvalue weighted by Gasteiger charge is -2.29. The highest BCUT2D eigenvalue weighted by Gasteiger charge is 2.44. The summed E-state index contributed by atoms with van der Waals surface area (Å²) in [7, 11) is 3.04. The van der Waals surface area contributed by atoms with E-state index < -0.39 is 23.5 Å². The molecule has 4 rings (SSSR count). The Morgan fingerprint density at radius 1 is 1.08 bits per heavy atom. The SMILES string of the molecule is CCN(CC)CCN1C(=O)C(O)=C(C(=O)c2cc3cc(Cl)ccc3o2)C1c1ccc(OC)c(OC)c1. The van der Waals surface area contributed by atoms with Crippen molar-refractivity contribution >= 4 is 34.3 Å². The predicted octanol–water partition coefficient (Wildman–Crippen LogP) is 5.02. The summed E-state index contributed by atoms with van der Waals surface area (Å²) in [4.78, 5) is 30.7. The number of halogens is 1. The molecule has 0 saturated carbocycles. The number of aliphatic hydroxyl groups excluding tert-OH is 1. The van der Waals surface area contributed by atoms with Crippen LogP contribution in [0.5, 0.6) is 11.5 Å². The number of Topliss-reactive ketones (excluding diaryl/α,β-unsaturated/α-hetero) is 1. The molecule has 1 aromatic heterocycles. The second-order valence-electron chi connectivity index (χ2n) is 8.43. The third-order valence-electron chi connectivity index (χ3n) is 6.53. The number of aliphatic hydroxyl groups is 1. The van der Waals surface area contributed by atoms with Crippen molar-refractivity contribution in [1.29, 1.82) is 0 Å². The van der Waals surface area contributed by atoms with E-state index in [1.165, 1.54) is 19.1 Å². The van der Waals surface area contributed by atoms with E-state index >= 15 is 0 Å².